The average Bonchev–Trinajstić information content (AvgIpc) is 2.77. The minimum absolute atomic E-state index is 0.00669. The summed E-state index contributed by atoms with van der Waals surface area (Å²) in [6, 6.07) is 6.80. The fraction of sp³-hybridized carbons (Fsp3) is 0.391. The number of carbonyl (C=O) groups excluding carboxylic acids is 2. The zero-order chi connectivity index (χ0) is 21.5. The van der Waals surface area contributed by atoms with Crippen LogP contribution >= 0.6 is 0 Å². The van der Waals surface area contributed by atoms with E-state index in [-0.39, 0.29) is 18.0 Å². The van der Waals surface area contributed by atoms with Gasteiger partial charge in [-0.05, 0) is 43.3 Å². The van der Waals surface area contributed by atoms with Crippen molar-refractivity contribution in [2.24, 2.45) is 0 Å². The van der Waals surface area contributed by atoms with Gasteiger partial charge in [0, 0.05) is 51.0 Å². The number of hydrogen-bond acceptors (Lipinski definition) is 4. The van der Waals surface area contributed by atoms with Gasteiger partial charge in [-0.2, -0.15) is 0 Å². The number of amides is 3. The molecule has 3 N–H and O–H groups in total. The van der Waals surface area contributed by atoms with E-state index >= 15 is 0 Å². The lowest BCUT2D eigenvalue weighted by atomic mass is 9.98. The van der Waals surface area contributed by atoms with Gasteiger partial charge in [-0.25, -0.2) is 4.79 Å². The summed E-state index contributed by atoms with van der Waals surface area (Å²) in [5.74, 6) is -0.0609. The molecule has 3 amide bonds. The molecule has 0 radical (unpaired) electrons. The van der Waals surface area contributed by atoms with Crippen LogP contribution in [0.2, 0.25) is 0 Å². The van der Waals surface area contributed by atoms with Crippen molar-refractivity contribution in [3.05, 3.63) is 65.8 Å². The Kier molecular flexibility index (Phi) is 7.30. The molecular weight excluding hydrogens is 378 g/mol. The Bertz CT molecular complexity index is 836. The smallest absolute Gasteiger partial charge is 0.317 e. The van der Waals surface area contributed by atoms with Gasteiger partial charge in [0.15, 0.2) is 0 Å². The number of nitrogens with one attached hydrogen (secondary N) is 1. The highest BCUT2D eigenvalue weighted by molar-refractivity contribution is 5.95. The van der Waals surface area contributed by atoms with Gasteiger partial charge in [0.1, 0.15) is 0 Å². The highest BCUT2D eigenvalue weighted by Gasteiger charge is 2.22. The van der Waals surface area contributed by atoms with Crippen LogP contribution in [0, 0.1) is 0 Å². The van der Waals surface area contributed by atoms with Gasteiger partial charge in [-0.3, -0.25) is 4.79 Å². The summed E-state index contributed by atoms with van der Waals surface area (Å²) < 4.78 is 0. The second kappa shape index (κ2) is 10.1. The van der Waals surface area contributed by atoms with Crippen molar-refractivity contribution in [2.75, 3.05) is 52.6 Å². The average molecular weight is 410 g/mol. The molecule has 1 saturated heterocycles. The molecule has 30 heavy (non-hydrogen) atoms. The van der Waals surface area contributed by atoms with Crippen LogP contribution in [0.5, 0.6) is 0 Å². The molecule has 1 atom stereocenters. The van der Waals surface area contributed by atoms with Crippen molar-refractivity contribution < 1.29 is 9.59 Å². The summed E-state index contributed by atoms with van der Waals surface area (Å²) in [4.78, 5) is 30.9. The Balaban J connectivity index is 1.54. The standard InChI is InChI=1S/C23H31N5O2/c1-26-14-16-28(17-15-26)23(30)25-13-5-7-18-6-3-4-8-21(18)27(2)22(29)19-9-11-20(24)12-10-19/h3-4,6-12,21H,5,13-17,24H2,1-2H3,(H,25,30). The van der Waals surface area contributed by atoms with Gasteiger partial charge in [0.05, 0.1) is 6.04 Å². The van der Waals surface area contributed by atoms with Gasteiger partial charge >= 0.3 is 6.03 Å². The predicted octanol–water partition coefficient (Wildman–Crippen LogP) is 2.11. The molecule has 1 aliphatic heterocycles. The van der Waals surface area contributed by atoms with E-state index in [4.69, 9.17) is 5.73 Å². The van der Waals surface area contributed by atoms with Crippen molar-refractivity contribution in [1.82, 2.24) is 20.0 Å². The second-order valence-electron chi connectivity index (χ2n) is 7.74. The number of nitrogen functional groups attached to an aromatic ring is 1. The van der Waals surface area contributed by atoms with E-state index in [0.717, 1.165) is 31.8 Å². The van der Waals surface area contributed by atoms with Crippen molar-refractivity contribution in [2.45, 2.75) is 12.5 Å². The minimum atomic E-state index is -0.145. The SMILES string of the molecule is CN1CCN(C(=O)NCCC=C2C=CC=CC2N(C)C(=O)c2ccc(N)cc2)CC1. The van der Waals surface area contributed by atoms with Gasteiger partial charge < -0.3 is 25.8 Å². The molecule has 0 aromatic heterocycles. The maximum atomic E-state index is 12.9. The number of piperazine rings is 1. The van der Waals surface area contributed by atoms with Gasteiger partial charge in [0.25, 0.3) is 5.91 Å². The lowest BCUT2D eigenvalue weighted by molar-refractivity contribution is 0.0778. The number of benzene rings is 1. The molecule has 1 fully saturated rings. The van der Waals surface area contributed by atoms with Gasteiger partial charge in [-0.15, -0.1) is 0 Å². The van der Waals surface area contributed by atoms with Crippen LogP contribution in [-0.2, 0) is 0 Å². The summed E-state index contributed by atoms with van der Waals surface area (Å²) in [5.41, 5.74) is 8.00. The first-order valence-corrected chi connectivity index (χ1v) is 10.3. The van der Waals surface area contributed by atoms with Crippen LogP contribution in [0.25, 0.3) is 0 Å². The molecule has 1 aliphatic carbocycles. The highest BCUT2D eigenvalue weighted by Crippen LogP contribution is 2.20. The largest absolute Gasteiger partial charge is 0.399 e. The summed E-state index contributed by atoms with van der Waals surface area (Å²) in [6.45, 7) is 3.90. The monoisotopic (exact) mass is 409 g/mol. The topological polar surface area (TPSA) is 81.9 Å². The molecule has 1 aromatic carbocycles. The first-order valence-electron chi connectivity index (χ1n) is 10.3. The fourth-order valence-electron chi connectivity index (χ4n) is 3.58. The quantitative estimate of drug-likeness (QED) is 0.576. The van der Waals surface area contributed by atoms with Crippen molar-refractivity contribution in [1.29, 1.82) is 0 Å². The molecule has 1 unspecified atom stereocenters. The fourth-order valence-corrected chi connectivity index (χ4v) is 3.58. The molecule has 160 valence electrons. The lowest BCUT2D eigenvalue weighted by Gasteiger charge is -2.32. The normalized spacial score (nSPS) is 20.4. The zero-order valence-electron chi connectivity index (χ0n) is 17.8. The number of likely N-dealkylation sites (N-methyl/N-ethyl adjacent to an activating group) is 2. The maximum absolute atomic E-state index is 12.9. The molecule has 7 nitrogen and oxygen atoms in total. The summed E-state index contributed by atoms with van der Waals surface area (Å²) >= 11 is 0. The summed E-state index contributed by atoms with van der Waals surface area (Å²) in [5, 5.41) is 2.99. The first-order chi connectivity index (χ1) is 14.5. The number of carbonyl (C=O) groups is 2. The molecule has 2 aliphatic rings. The second-order valence-corrected chi connectivity index (χ2v) is 7.74. The van der Waals surface area contributed by atoms with Crippen LogP contribution in [-0.4, -0.2) is 79.5 Å². The predicted molar refractivity (Wildman–Crippen MR) is 120 cm³/mol. The van der Waals surface area contributed by atoms with Crippen LogP contribution in [0.15, 0.2) is 60.2 Å². The third-order valence-electron chi connectivity index (χ3n) is 5.52. The molecular formula is C23H31N5O2. The zero-order valence-corrected chi connectivity index (χ0v) is 17.8. The van der Waals surface area contributed by atoms with Crippen molar-refractivity contribution in [3.63, 3.8) is 0 Å². The third kappa shape index (κ3) is 5.51. The lowest BCUT2D eigenvalue weighted by Crippen LogP contribution is -2.50. The number of urea groups is 1. The number of rotatable bonds is 5. The molecule has 1 heterocycles. The van der Waals surface area contributed by atoms with Crippen molar-refractivity contribution in [3.8, 4) is 0 Å². The van der Waals surface area contributed by atoms with Crippen LogP contribution in [0.1, 0.15) is 16.8 Å². The Morgan fingerprint density at radius 2 is 1.87 bits per heavy atom. The van der Waals surface area contributed by atoms with Gasteiger partial charge in [0.2, 0.25) is 0 Å². The molecule has 0 saturated carbocycles. The van der Waals surface area contributed by atoms with E-state index in [0.29, 0.717) is 24.2 Å². The molecule has 7 heteroatoms. The molecule has 1 aromatic rings. The Morgan fingerprint density at radius 1 is 1.17 bits per heavy atom. The van der Waals surface area contributed by atoms with Crippen LogP contribution in [0.3, 0.4) is 0 Å². The van der Waals surface area contributed by atoms with Crippen molar-refractivity contribution >= 4 is 17.6 Å². The number of hydrogen-bond donors (Lipinski definition) is 2. The van der Waals surface area contributed by atoms with E-state index in [1.165, 1.54) is 0 Å². The third-order valence-corrected chi connectivity index (χ3v) is 5.52. The number of anilines is 1. The summed E-state index contributed by atoms with van der Waals surface area (Å²) in [6.07, 6.45) is 10.7. The first kappa shape index (κ1) is 21.6. The van der Waals surface area contributed by atoms with Crippen LogP contribution < -0.4 is 11.1 Å². The number of allylic oxidation sites excluding steroid dienone is 2. The summed E-state index contributed by atoms with van der Waals surface area (Å²) in [7, 11) is 3.87. The molecule has 0 spiro atoms. The van der Waals surface area contributed by atoms with E-state index < -0.39 is 0 Å². The highest BCUT2D eigenvalue weighted by atomic mass is 16.2. The van der Waals surface area contributed by atoms with Crippen LogP contribution in [0.4, 0.5) is 10.5 Å². The molecule has 3 rings (SSSR count). The Labute approximate surface area is 178 Å². The maximum Gasteiger partial charge on any atom is 0.317 e. The van der Waals surface area contributed by atoms with Gasteiger partial charge in [-0.1, -0.05) is 30.4 Å². The Hall–Kier alpha value is -3.06. The number of nitrogens with zero attached hydrogens (tertiary/aromatic N) is 3. The van der Waals surface area contributed by atoms with E-state index in [1.54, 1.807) is 36.2 Å². The Morgan fingerprint density at radius 3 is 2.57 bits per heavy atom. The van der Waals surface area contributed by atoms with E-state index in [2.05, 4.69) is 23.3 Å². The van der Waals surface area contributed by atoms with E-state index in [1.807, 2.05) is 29.2 Å². The van der Waals surface area contributed by atoms with E-state index in [9.17, 15) is 9.59 Å². The number of nitrogens with two attached hydrogens (primary N) is 1. The minimum Gasteiger partial charge on any atom is -0.399 e. The molecule has 0 bridgehead atoms.